The number of nitrogens with one attached hydrogen (secondary N) is 2. The van der Waals surface area contributed by atoms with E-state index in [0.29, 0.717) is 23.3 Å². The van der Waals surface area contributed by atoms with Gasteiger partial charge in [0.15, 0.2) is 0 Å². The minimum atomic E-state index is -4.64. The fourth-order valence-electron chi connectivity index (χ4n) is 5.46. The van der Waals surface area contributed by atoms with Crippen molar-refractivity contribution in [2.75, 3.05) is 38.7 Å². The van der Waals surface area contributed by atoms with Gasteiger partial charge in [-0.15, -0.1) is 0 Å². The molecule has 1 aliphatic heterocycles. The van der Waals surface area contributed by atoms with Crippen molar-refractivity contribution < 1.29 is 27.4 Å². The first-order valence-corrected chi connectivity index (χ1v) is 13.5. The number of piperidine rings is 1. The highest BCUT2D eigenvalue weighted by atomic mass is 19.4. The number of methoxy groups -OCH3 is 1. The Morgan fingerprint density at radius 2 is 1.79 bits per heavy atom. The van der Waals surface area contributed by atoms with Crippen LogP contribution < -0.4 is 15.4 Å². The first-order chi connectivity index (χ1) is 18.8. The Balaban J connectivity index is 1.21. The third kappa shape index (κ3) is 6.70. The summed E-state index contributed by atoms with van der Waals surface area (Å²) in [7, 11) is 1.46. The monoisotopic (exact) mass is 545 g/mol. The van der Waals surface area contributed by atoms with Crippen LogP contribution in [-0.2, 0) is 10.9 Å². The molecule has 0 spiro atoms. The molecule has 1 saturated carbocycles. The van der Waals surface area contributed by atoms with E-state index in [1.165, 1.54) is 26.0 Å². The van der Waals surface area contributed by atoms with Gasteiger partial charge in [-0.3, -0.25) is 9.48 Å². The number of anilines is 1. The molecule has 0 atom stereocenters. The normalized spacial score (nSPS) is 20.7. The molecule has 11 heteroatoms. The van der Waals surface area contributed by atoms with Crippen LogP contribution in [0, 0.1) is 11.8 Å². The van der Waals surface area contributed by atoms with Crippen LogP contribution in [0.1, 0.15) is 60.7 Å². The molecule has 1 amide bonds. The van der Waals surface area contributed by atoms with Crippen molar-refractivity contribution in [3.63, 3.8) is 0 Å². The van der Waals surface area contributed by atoms with E-state index >= 15 is 0 Å². The summed E-state index contributed by atoms with van der Waals surface area (Å²) < 4.78 is 52.6. The summed E-state index contributed by atoms with van der Waals surface area (Å²) in [4.78, 5) is 16.2. The van der Waals surface area contributed by atoms with Gasteiger partial charge in [0.2, 0.25) is 0 Å². The predicted molar refractivity (Wildman–Crippen MR) is 141 cm³/mol. The molecule has 2 aliphatic rings. The molecule has 3 aromatic rings. The molecule has 1 aliphatic carbocycles. The fourth-order valence-corrected chi connectivity index (χ4v) is 5.46. The number of fused-ring (bicyclic) bond motifs is 1. The Kier molecular flexibility index (Phi) is 8.37. The van der Waals surface area contributed by atoms with Gasteiger partial charge in [-0.05, 0) is 81.6 Å². The molecule has 3 heterocycles. The lowest BCUT2D eigenvalue weighted by Crippen LogP contribution is -2.30. The molecule has 8 nitrogen and oxygen atoms in total. The Morgan fingerprint density at radius 3 is 2.49 bits per heavy atom. The minimum absolute atomic E-state index is 0.274. The number of benzene rings is 1. The summed E-state index contributed by atoms with van der Waals surface area (Å²) in [5.41, 5.74) is -0.404. The molecule has 0 radical (unpaired) electrons. The Bertz CT molecular complexity index is 1280. The number of rotatable bonds is 8. The van der Waals surface area contributed by atoms with E-state index in [-0.39, 0.29) is 11.7 Å². The number of halogens is 3. The standard InChI is InChI=1S/C28H34F3N5O3/c1-38-25-14-23-20(13-24(25)34-27(37)22-3-2-4-26(33-22)28(29,30)31)15-36(35-23)21-7-5-18(6-8-21)16-39-17-19-9-11-32-12-10-19/h2-4,13-15,18-19,21,32H,5-12,16-17H2,1H3,(H,34,37)/t18-,21-. The average Bonchev–Trinajstić information content (AvgIpc) is 3.36. The van der Waals surface area contributed by atoms with Gasteiger partial charge >= 0.3 is 6.18 Å². The van der Waals surface area contributed by atoms with Crippen LogP contribution in [0.25, 0.3) is 10.9 Å². The maximum atomic E-state index is 13.0. The van der Waals surface area contributed by atoms with Crippen LogP contribution in [0.4, 0.5) is 18.9 Å². The number of ether oxygens (including phenoxy) is 2. The van der Waals surface area contributed by atoms with E-state index in [1.54, 1.807) is 12.1 Å². The number of alkyl halides is 3. The number of nitrogens with zero attached hydrogens (tertiary/aromatic N) is 3. The highest BCUT2D eigenvalue weighted by Gasteiger charge is 2.33. The molecular formula is C28H34F3N5O3. The summed E-state index contributed by atoms with van der Waals surface area (Å²) in [6, 6.07) is 6.95. The zero-order valence-corrected chi connectivity index (χ0v) is 22.0. The molecule has 2 aromatic heterocycles. The van der Waals surface area contributed by atoms with Crippen molar-refractivity contribution in [2.45, 2.75) is 50.7 Å². The van der Waals surface area contributed by atoms with E-state index < -0.39 is 17.8 Å². The van der Waals surface area contributed by atoms with E-state index in [9.17, 15) is 18.0 Å². The van der Waals surface area contributed by atoms with Crippen LogP contribution in [-0.4, -0.2) is 54.1 Å². The maximum Gasteiger partial charge on any atom is 0.433 e. The first-order valence-electron chi connectivity index (χ1n) is 13.5. The molecule has 39 heavy (non-hydrogen) atoms. The van der Waals surface area contributed by atoms with Gasteiger partial charge in [0.25, 0.3) is 5.91 Å². The Labute approximate surface area is 225 Å². The van der Waals surface area contributed by atoms with Gasteiger partial charge in [0.1, 0.15) is 17.1 Å². The largest absolute Gasteiger partial charge is 0.494 e. The second-order valence-corrected chi connectivity index (χ2v) is 10.5. The summed E-state index contributed by atoms with van der Waals surface area (Å²) in [6.07, 6.45) is 3.89. The first kappa shape index (κ1) is 27.4. The highest BCUT2D eigenvalue weighted by Crippen LogP contribution is 2.35. The van der Waals surface area contributed by atoms with E-state index in [4.69, 9.17) is 14.6 Å². The number of amides is 1. The van der Waals surface area contributed by atoms with Gasteiger partial charge in [0.05, 0.1) is 24.4 Å². The summed E-state index contributed by atoms with van der Waals surface area (Å²) in [6.45, 7) is 3.85. The van der Waals surface area contributed by atoms with Crippen LogP contribution in [0.2, 0.25) is 0 Å². The quantitative estimate of drug-likeness (QED) is 0.391. The summed E-state index contributed by atoms with van der Waals surface area (Å²) >= 11 is 0. The Morgan fingerprint density at radius 1 is 1.08 bits per heavy atom. The lowest BCUT2D eigenvalue weighted by Gasteiger charge is -2.29. The summed E-state index contributed by atoms with van der Waals surface area (Å²) in [5, 5.41) is 11.6. The van der Waals surface area contributed by atoms with Gasteiger partial charge < -0.3 is 20.1 Å². The molecule has 0 bridgehead atoms. The second kappa shape index (κ2) is 11.9. The third-order valence-corrected chi connectivity index (χ3v) is 7.72. The van der Waals surface area contributed by atoms with E-state index in [1.807, 2.05) is 10.9 Å². The van der Waals surface area contributed by atoms with Gasteiger partial charge in [-0.1, -0.05) is 6.07 Å². The average molecular weight is 546 g/mol. The molecule has 5 rings (SSSR count). The van der Waals surface area contributed by atoms with Crippen molar-refractivity contribution in [3.8, 4) is 5.75 Å². The number of carbonyl (C=O) groups is 1. The number of hydrogen-bond donors (Lipinski definition) is 2. The SMILES string of the molecule is COc1cc2nn([C@H]3CC[C@H](COCC4CCNCC4)CC3)cc2cc1NC(=O)c1cccc(C(F)(F)F)n1. The van der Waals surface area contributed by atoms with Crippen molar-refractivity contribution in [2.24, 2.45) is 11.8 Å². The highest BCUT2D eigenvalue weighted by molar-refractivity contribution is 6.05. The fraction of sp³-hybridized carbons (Fsp3) is 0.536. The van der Waals surface area contributed by atoms with Crippen LogP contribution >= 0.6 is 0 Å². The zero-order chi connectivity index (χ0) is 27.4. The number of carbonyl (C=O) groups excluding carboxylic acids is 1. The van der Waals surface area contributed by atoms with E-state index in [0.717, 1.165) is 75.0 Å². The lowest BCUT2D eigenvalue weighted by atomic mass is 9.86. The molecule has 0 unspecified atom stereocenters. The van der Waals surface area contributed by atoms with Gasteiger partial charge in [0, 0.05) is 30.9 Å². The maximum absolute atomic E-state index is 13.0. The van der Waals surface area contributed by atoms with E-state index in [2.05, 4.69) is 15.6 Å². The number of hydrogen-bond acceptors (Lipinski definition) is 6. The molecule has 210 valence electrons. The smallest absolute Gasteiger partial charge is 0.433 e. The van der Waals surface area contributed by atoms with Crippen molar-refractivity contribution in [1.82, 2.24) is 20.1 Å². The second-order valence-electron chi connectivity index (χ2n) is 10.5. The number of aromatic nitrogens is 3. The van der Waals surface area contributed by atoms with Gasteiger partial charge in [-0.2, -0.15) is 18.3 Å². The lowest BCUT2D eigenvalue weighted by molar-refractivity contribution is -0.141. The molecule has 2 fully saturated rings. The minimum Gasteiger partial charge on any atom is -0.494 e. The van der Waals surface area contributed by atoms with Crippen LogP contribution in [0.5, 0.6) is 5.75 Å². The number of pyridine rings is 1. The third-order valence-electron chi connectivity index (χ3n) is 7.72. The molecule has 1 saturated heterocycles. The topological polar surface area (TPSA) is 90.3 Å². The van der Waals surface area contributed by atoms with Crippen LogP contribution in [0.15, 0.2) is 36.5 Å². The molecule has 2 N–H and O–H groups in total. The molecular weight excluding hydrogens is 511 g/mol. The zero-order valence-electron chi connectivity index (χ0n) is 22.0. The van der Waals surface area contributed by atoms with Crippen LogP contribution in [0.3, 0.4) is 0 Å². The van der Waals surface area contributed by atoms with Crippen molar-refractivity contribution >= 4 is 22.5 Å². The Hall–Kier alpha value is -3.18. The predicted octanol–water partition coefficient (Wildman–Crippen LogP) is 5.46. The van der Waals surface area contributed by atoms with Gasteiger partial charge in [-0.25, -0.2) is 4.98 Å². The summed E-state index contributed by atoms with van der Waals surface area (Å²) in [5.74, 6) is 0.848. The molecule has 1 aromatic carbocycles. The van der Waals surface area contributed by atoms with Crippen molar-refractivity contribution in [3.05, 3.63) is 47.9 Å². The van der Waals surface area contributed by atoms with Crippen molar-refractivity contribution in [1.29, 1.82) is 0 Å².